The van der Waals surface area contributed by atoms with Crippen LogP contribution in [0.4, 0.5) is 11.4 Å². The van der Waals surface area contributed by atoms with Gasteiger partial charge in [0, 0.05) is 38.2 Å². The van der Waals surface area contributed by atoms with Crippen molar-refractivity contribution in [2.75, 3.05) is 36.4 Å². The molecular weight excluding hydrogens is 432 g/mol. The highest BCUT2D eigenvalue weighted by Gasteiger charge is 2.23. The number of rotatable bonds is 4. The van der Waals surface area contributed by atoms with Gasteiger partial charge in [-0.25, -0.2) is 0 Å². The van der Waals surface area contributed by atoms with Gasteiger partial charge in [-0.3, -0.25) is 14.9 Å². The zero-order valence-electron chi connectivity index (χ0n) is 18.0. The molecule has 31 heavy (non-hydrogen) atoms. The number of para-hydroxylation sites is 1. The van der Waals surface area contributed by atoms with E-state index in [0.29, 0.717) is 48.9 Å². The summed E-state index contributed by atoms with van der Waals surface area (Å²) in [5, 5.41) is 6.64. The van der Waals surface area contributed by atoms with Gasteiger partial charge in [0.1, 0.15) is 0 Å². The van der Waals surface area contributed by atoms with Crippen LogP contribution in [0, 0.1) is 13.8 Å². The summed E-state index contributed by atoms with van der Waals surface area (Å²) in [7, 11) is 0. The van der Waals surface area contributed by atoms with Crippen molar-refractivity contribution in [1.29, 1.82) is 0 Å². The van der Waals surface area contributed by atoms with Crippen LogP contribution in [0.1, 0.15) is 34.8 Å². The molecule has 0 radical (unpaired) electrons. The Kier molecular flexibility index (Phi) is 7.51. The summed E-state index contributed by atoms with van der Waals surface area (Å²) in [6, 6.07) is 11.1. The van der Waals surface area contributed by atoms with Crippen LogP contribution in [0.3, 0.4) is 0 Å². The smallest absolute Gasteiger partial charge is 0.257 e. The van der Waals surface area contributed by atoms with Crippen molar-refractivity contribution in [3.05, 3.63) is 58.1 Å². The molecule has 3 rings (SSSR count). The lowest BCUT2D eigenvalue weighted by molar-refractivity contribution is -0.131. The van der Waals surface area contributed by atoms with Gasteiger partial charge in [-0.2, -0.15) is 0 Å². The Hall–Kier alpha value is -2.64. The number of amides is 2. The molecular formula is C23H27ClN4O2S. The maximum Gasteiger partial charge on any atom is 0.257 e. The Balaban J connectivity index is 1.70. The molecule has 0 saturated carbocycles. The van der Waals surface area contributed by atoms with Crippen molar-refractivity contribution in [3.63, 3.8) is 0 Å². The number of aryl methyl sites for hydroxylation is 2. The fraction of sp³-hybridized carbons (Fsp3) is 0.348. The molecule has 1 aliphatic rings. The number of piperazine rings is 1. The predicted octanol–water partition coefficient (Wildman–Crippen LogP) is 4.14. The molecule has 0 bridgehead atoms. The molecule has 1 fully saturated rings. The van der Waals surface area contributed by atoms with E-state index in [1.807, 2.05) is 56.0 Å². The lowest BCUT2D eigenvalue weighted by atomic mass is 10.1. The first kappa shape index (κ1) is 23.0. The minimum atomic E-state index is -0.268. The molecule has 1 aliphatic heterocycles. The molecule has 1 heterocycles. The molecule has 1 saturated heterocycles. The number of carbonyl (C=O) groups excluding carboxylic acids is 2. The minimum absolute atomic E-state index is 0.160. The summed E-state index contributed by atoms with van der Waals surface area (Å²) in [5.41, 5.74) is 4.25. The van der Waals surface area contributed by atoms with Gasteiger partial charge in [0.05, 0.1) is 16.4 Å². The molecule has 0 aromatic heterocycles. The summed E-state index contributed by atoms with van der Waals surface area (Å²) >= 11 is 11.9. The van der Waals surface area contributed by atoms with E-state index in [4.69, 9.17) is 23.8 Å². The number of anilines is 2. The second-order valence-corrected chi connectivity index (χ2v) is 8.38. The van der Waals surface area contributed by atoms with Crippen molar-refractivity contribution >= 4 is 52.1 Å². The maximum absolute atomic E-state index is 12.6. The highest BCUT2D eigenvalue weighted by atomic mass is 35.5. The Labute approximate surface area is 193 Å². The third kappa shape index (κ3) is 5.54. The number of hydrogen-bond acceptors (Lipinski definition) is 4. The summed E-state index contributed by atoms with van der Waals surface area (Å²) in [4.78, 5) is 28.5. The van der Waals surface area contributed by atoms with Crippen molar-refractivity contribution < 1.29 is 9.59 Å². The van der Waals surface area contributed by atoms with E-state index in [0.717, 1.165) is 16.8 Å². The monoisotopic (exact) mass is 458 g/mol. The first-order valence-corrected chi connectivity index (χ1v) is 11.1. The molecule has 2 amide bonds. The lowest BCUT2D eigenvalue weighted by Crippen LogP contribution is -2.49. The average molecular weight is 459 g/mol. The number of hydrogen-bond donors (Lipinski definition) is 2. The lowest BCUT2D eigenvalue weighted by Gasteiger charge is -2.37. The van der Waals surface area contributed by atoms with Crippen molar-refractivity contribution in [3.8, 4) is 0 Å². The van der Waals surface area contributed by atoms with E-state index in [1.165, 1.54) is 0 Å². The highest BCUT2D eigenvalue weighted by Crippen LogP contribution is 2.34. The molecule has 164 valence electrons. The Morgan fingerprint density at radius 3 is 2.42 bits per heavy atom. The summed E-state index contributed by atoms with van der Waals surface area (Å²) in [6.07, 6.45) is 0.507. The third-order valence-electron chi connectivity index (χ3n) is 5.48. The van der Waals surface area contributed by atoms with Crippen LogP contribution in [0.25, 0.3) is 0 Å². The molecule has 0 unspecified atom stereocenters. The zero-order valence-corrected chi connectivity index (χ0v) is 19.6. The van der Waals surface area contributed by atoms with Crippen molar-refractivity contribution in [2.45, 2.75) is 27.2 Å². The molecule has 0 aliphatic carbocycles. The number of carbonyl (C=O) groups is 2. The zero-order chi connectivity index (χ0) is 22.5. The topological polar surface area (TPSA) is 64.7 Å². The van der Waals surface area contributed by atoms with Crippen molar-refractivity contribution in [2.24, 2.45) is 0 Å². The highest BCUT2D eigenvalue weighted by molar-refractivity contribution is 7.80. The van der Waals surface area contributed by atoms with Crippen LogP contribution >= 0.6 is 23.8 Å². The standard InChI is InChI=1S/C23H27ClN4O2S/c1-4-20(29)27-10-12-28(13-11-27)21-18(24)6-5-7-19(21)25-23(31)26-22(30)17-9-8-15(2)16(3)14-17/h5-9,14H,4,10-13H2,1-3H3,(H2,25,26,30,31). The van der Waals surface area contributed by atoms with Gasteiger partial charge in [-0.1, -0.05) is 30.7 Å². The van der Waals surface area contributed by atoms with E-state index in [-0.39, 0.29) is 16.9 Å². The number of halogens is 1. The fourth-order valence-corrected chi connectivity index (χ4v) is 4.05. The van der Waals surface area contributed by atoms with Gasteiger partial charge in [-0.05, 0) is 61.5 Å². The van der Waals surface area contributed by atoms with E-state index >= 15 is 0 Å². The largest absolute Gasteiger partial charge is 0.365 e. The van der Waals surface area contributed by atoms with E-state index in [9.17, 15) is 9.59 Å². The van der Waals surface area contributed by atoms with Crippen molar-refractivity contribution in [1.82, 2.24) is 10.2 Å². The van der Waals surface area contributed by atoms with E-state index < -0.39 is 0 Å². The number of thiocarbonyl (C=S) groups is 1. The Morgan fingerprint density at radius 1 is 1.06 bits per heavy atom. The summed E-state index contributed by atoms with van der Waals surface area (Å²) in [5.74, 6) is -0.108. The van der Waals surface area contributed by atoms with Crippen LogP contribution in [0.5, 0.6) is 0 Å². The number of nitrogens with zero attached hydrogens (tertiary/aromatic N) is 2. The van der Waals surface area contributed by atoms with Crippen LogP contribution in [0.15, 0.2) is 36.4 Å². The van der Waals surface area contributed by atoms with Gasteiger partial charge in [-0.15, -0.1) is 0 Å². The van der Waals surface area contributed by atoms with Crippen LogP contribution in [-0.4, -0.2) is 48.0 Å². The van der Waals surface area contributed by atoms with Gasteiger partial charge in [0.2, 0.25) is 5.91 Å². The van der Waals surface area contributed by atoms with Crippen LogP contribution in [0.2, 0.25) is 5.02 Å². The predicted molar refractivity (Wildman–Crippen MR) is 130 cm³/mol. The summed E-state index contributed by atoms with van der Waals surface area (Å²) in [6.45, 7) is 8.48. The van der Waals surface area contributed by atoms with Crippen LogP contribution < -0.4 is 15.5 Å². The molecule has 8 heteroatoms. The third-order valence-corrected chi connectivity index (χ3v) is 5.99. The SMILES string of the molecule is CCC(=O)N1CCN(c2c(Cl)cccc2NC(=S)NC(=O)c2ccc(C)c(C)c2)CC1. The first-order chi connectivity index (χ1) is 14.8. The molecule has 0 spiro atoms. The van der Waals surface area contributed by atoms with Gasteiger partial charge >= 0.3 is 0 Å². The second kappa shape index (κ2) is 10.1. The molecule has 2 N–H and O–H groups in total. The van der Waals surface area contributed by atoms with Gasteiger partial charge < -0.3 is 15.1 Å². The average Bonchev–Trinajstić information content (AvgIpc) is 2.75. The molecule has 0 atom stereocenters. The summed E-state index contributed by atoms with van der Waals surface area (Å²) < 4.78 is 0. The number of benzene rings is 2. The van der Waals surface area contributed by atoms with E-state index in [1.54, 1.807) is 6.07 Å². The van der Waals surface area contributed by atoms with Gasteiger partial charge in [0.25, 0.3) is 5.91 Å². The minimum Gasteiger partial charge on any atom is -0.365 e. The Bertz CT molecular complexity index is 1000. The molecule has 2 aromatic rings. The van der Waals surface area contributed by atoms with E-state index in [2.05, 4.69) is 15.5 Å². The maximum atomic E-state index is 12.6. The number of nitrogens with one attached hydrogen (secondary N) is 2. The normalized spacial score (nSPS) is 13.7. The quantitative estimate of drug-likeness (QED) is 0.674. The fourth-order valence-electron chi connectivity index (χ4n) is 3.55. The molecule has 6 nitrogen and oxygen atoms in total. The van der Waals surface area contributed by atoms with Gasteiger partial charge in [0.15, 0.2) is 5.11 Å². The molecule has 2 aromatic carbocycles. The second-order valence-electron chi connectivity index (χ2n) is 7.56. The first-order valence-electron chi connectivity index (χ1n) is 10.3. The Morgan fingerprint density at radius 2 is 1.77 bits per heavy atom. The van der Waals surface area contributed by atoms with Crippen LogP contribution in [-0.2, 0) is 4.79 Å².